The van der Waals surface area contributed by atoms with Crippen molar-refractivity contribution in [3.8, 4) is 0 Å². The number of nitrogens with zero attached hydrogens (tertiary/aromatic N) is 1. The molecule has 5 heteroatoms. The fourth-order valence-corrected chi connectivity index (χ4v) is 3.03. The topological polar surface area (TPSA) is 61.8 Å². The van der Waals surface area contributed by atoms with E-state index in [1.54, 1.807) is 0 Å². The van der Waals surface area contributed by atoms with Crippen LogP contribution in [0.1, 0.15) is 52.9 Å². The molecule has 21 heavy (non-hydrogen) atoms. The summed E-state index contributed by atoms with van der Waals surface area (Å²) in [6.07, 6.45) is 4.34. The number of aliphatic hydroxyl groups is 1. The third kappa shape index (κ3) is 7.14. The van der Waals surface area contributed by atoms with Gasteiger partial charge in [-0.3, -0.25) is 0 Å². The van der Waals surface area contributed by atoms with E-state index in [-0.39, 0.29) is 18.2 Å². The Labute approximate surface area is 129 Å². The number of piperidine rings is 1. The molecule has 3 unspecified atom stereocenters. The largest absolute Gasteiger partial charge is 0.450 e. The molecule has 0 bridgehead atoms. The van der Waals surface area contributed by atoms with Crippen LogP contribution in [0.25, 0.3) is 0 Å². The number of alkyl carbamates (subject to hydrolysis) is 1. The summed E-state index contributed by atoms with van der Waals surface area (Å²) < 4.78 is 4.98. The molecule has 1 saturated heterocycles. The van der Waals surface area contributed by atoms with Gasteiger partial charge in [-0.25, -0.2) is 4.79 Å². The van der Waals surface area contributed by atoms with Gasteiger partial charge in [-0.05, 0) is 45.1 Å². The summed E-state index contributed by atoms with van der Waals surface area (Å²) in [6, 6.07) is 0.128. The van der Waals surface area contributed by atoms with Gasteiger partial charge in [0, 0.05) is 19.1 Å². The highest BCUT2D eigenvalue weighted by Gasteiger charge is 2.29. The zero-order valence-electron chi connectivity index (χ0n) is 13.8. The quantitative estimate of drug-likeness (QED) is 0.722. The van der Waals surface area contributed by atoms with Crippen LogP contribution >= 0.6 is 0 Å². The van der Waals surface area contributed by atoms with Crippen molar-refractivity contribution in [1.29, 1.82) is 0 Å². The molecule has 0 aromatic rings. The van der Waals surface area contributed by atoms with Gasteiger partial charge in [0.15, 0.2) is 0 Å². The predicted molar refractivity (Wildman–Crippen MR) is 84.3 cm³/mol. The summed E-state index contributed by atoms with van der Waals surface area (Å²) >= 11 is 0. The Morgan fingerprint density at radius 1 is 1.38 bits per heavy atom. The number of unbranched alkanes of at least 4 members (excludes halogenated alkanes) is 1. The number of ether oxygens (including phenoxy) is 1. The lowest BCUT2D eigenvalue weighted by Crippen LogP contribution is -2.51. The number of carbonyl (C=O) groups excluding carboxylic acids is 1. The maximum atomic E-state index is 11.6. The summed E-state index contributed by atoms with van der Waals surface area (Å²) in [5.41, 5.74) is 0. The molecule has 1 heterocycles. The third-order valence-corrected chi connectivity index (χ3v) is 4.11. The van der Waals surface area contributed by atoms with Gasteiger partial charge in [-0.1, -0.05) is 20.3 Å². The summed E-state index contributed by atoms with van der Waals surface area (Å²) in [6.45, 7) is 9.39. The molecular weight excluding hydrogens is 268 g/mol. The number of likely N-dealkylation sites (tertiary alicyclic amines) is 1. The minimum absolute atomic E-state index is 0.128. The molecule has 0 radical (unpaired) electrons. The molecular formula is C16H32N2O3. The second kappa shape index (κ2) is 10.0. The van der Waals surface area contributed by atoms with Crippen molar-refractivity contribution in [3.05, 3.63) is 0 Å². The van der Waals surface area contributed by atoms with Crippen LogP contribution in [0.2, 0.25) is 0 Å². The first-order chi connectivity index (χ1) is 10.1. The molecule has 0 saturated carbocycles. The van der Waals surface area contributed by atoms with Gasteiger partial charge in [0.25, 0.3) is 0 Å². The van der Waals surface area contributed by atoms with Gasteiger partial charge in [-0.15, -0.1) is 0 Å². The van der Waals surface area contributed by atoms with Gasteiger partial charge in [0.2, 0.25) is 0 Å². The van der Waals surface area contributed by atoms with Gasteiger partial charge in [0.05, 0.1) is 12.7 Å². The normalized spacial score (nSPS) is 24.6. The van der Waals surface area contributed by atoms with Crippen LogP contribution in [-0.4, -0.2) is 54.5 Å². The van der Waals surface area contributed by atoms with Crippen LogP contribution < -0.4 is 5.32 Å². The number of rotatable bonds is 8. The van der Waals surface area contributed by atoms with Gasteiger partial charge in [-0.2, -0.15) is 0 Å². The average molecular weight is 300 g/mol. The minimum atomic E-state index is -0.324. The highest BCUT2D eigenvalue weighted by atomic mass is 16.5. The number of hydrogen-bond acceptors (Lipinski definition) is 4. The van der Waals surface area contributed by atoms with Gasteiger partial charge < -0.3 is 20.1 Å². The van der Waals surface area contributed by atoms with Crippen LogP contribution in [0, 0.1) is 5.92 Å². The van der Waals surface area contributed by atoms with Crippen molar-refractivity contribution in [2.75, 3.05) is 26.2 Å². The average Bonchev–Trinajstić information content (AvgIpc) is 2.45. The van der Waals surface area contributed by atoms with Crippen LogP contribution in [0.4, 0.5) is 4.79 Å². The molecule has 0 aromatic heterocycles. The van der Waals surface area contributed by atoms with E-state index in [0.29, 0.717) is 12.5 Å². The minimum Gasteiger partial charge on any atom is -0.450 e. The highest BCUT2D eigenvalue weighted by molar-refractivity contribution is 5.67. The van der Waals surface area contributed by atoms with Crippen LogP contribution in [0.5, 0.6) is 0 Å². The summed E-state index contributed by atoms with van der Waals surface area (Å²) in [5.74, 6) is 0.442. The van der Waals surface area contributed by atoms with E-state index in [1.165, 1.54) is 12.8 Å². The Hall–Kier alpha value is -0.810. The lowest BCUT2D eigenvalue weighted by molar-refractivity contribution is 0.0794. The molecule has 0 aromatic carbocycles. The van der Waals surface area contributed by atoms with Crippen molar-refractivity contribution < 1.29 is 14.6 Å². The molecule has 5 nitrogen and oxygen atoms in total. The van der Waals surface area contributed by atoms with E-state index in [0.717, 1.165) is 38.9 Å². The number of carbonyl (C=O) groups is 1. The predicted octanol–water partition coefficient (Wildman–Crippen LogP) is 2.38. The standard InChI is InChI=1S/C16H32N2O3/c1-4-7-8-18-11-13(10-15(19)5-2)9-14(12-18)17-16(20)21-6-3/h13-15,19H,4-12H2,1-3H3,(H,17,20). The zero-order chi connectivity index (χ0) is 15.7. The molecule has 3 atom stereocenters. The molecule has 1 fully saturated rings. The first kappa shape index (κ1) is 18.2. The van der Waals surface area contributed by atoms with Crippen molar-refractivity contribution >= 4 is 6.09 Å². The fourth-order valence-electron chi connectivity index (χ4n) is 3.03. The van der Waals surface area contributed by atoms with Crippen LogP contribution in [0.15, 0.2) is 0 Å². The van der Waals surface area contributed by atoms with E-state index in [2.05, 4.69) is 17.1 Å². The number of hydrogen-bond donors (Lipinski definition) is 2. The first-order valence-corrected chi connectivity index (χ1v) is 8.42. The SMILES string of the molecule is CCCCN1CC(CC(O)CC)CC(NC(=O)OCC)C1. The van der Waals surface area contributed by atoms with E-state index < -0.39 is 0 Å². The highest BCUT2D eigenvalue weighted by Crippen LogP contribution is 2.23. The summed E-state index contributed by atoms with van der Waals surface area (Å²) in [4.78, 5) is 14.0. The van der Waals surface area contributed by atoms with Crippen LogP contribution in [-0.2, 0) is 4.74 Å². The Morgan fingerprint density at radius 3 is 2.76 bits per heavy atom. The molecule has 1 rings (SSSR count). The van der Waals surface area contributed by atoms with Gasteiger partial charge in [0.1, 0.15) is 0 Å². The lowest BCUT2D eigenvalue weighted by Gasteiger charge is -2.38. The summed E-state index contributed by atoms with van der Waals surface area (Å²) in [5, 5.41) is 12.9. The zero-order valence-corrected chi connectivity index (χ0v) is 13.8. The van der Waals surface area contributed by atoms with Crippen molar-refractivity contribution in [3.63, 3.8) is 0 Å². The number of nitrogens with one attached hydrogen (secondary N) is 1. The first-order valence-electron chi connectivity index (χ1n) is 8.42. The monoisotopic (exact) mass is 300 g/mol. The Kier molecular flexibility index (Phi) is 8.69. The molecule has 0 aliphatic carbocycles. The Bertz CT molecular complexity index is 299. The van der Waals surface area contributed by atoms with E-state index in [9.17, 15) is 9.90 Å². The molecule has 1 aliphatic rings. The van der Waals surface area contributed by atoms with Crippen molar-refractivity contribution in [1.82, 2.24) is 10.2 Å². The van der Waals surface area contributed by atoms with Crippen molar-refractivity contribution in [2.45, 2.75) is 65.0 Å². The molecule has 1 amide bonds. The second-order valence-corrected chi connectivity index (χ2v) is 6.07. The lowest BCUT2D eigenvalue weighted by atomic mass is 9.89. The van der Waals surface area contributed by atoms with Gasteiger partial charge >= 0.3 is 6.09 Å². The Morgan fingerprint density at radius 2 is 2.14 bits per heavy atom. The second-order valence-electron chi connectivity index (χ2n) is 6.07. The molecule has 1 aliphatic heterocycles. The summed E-state index contributed by atoms with van der Waals surface area (Å²) in [7, 11) is 0. The molecule has 0 spiro atoms. The fraction of sp³-hybridized carbons (Fsp3) is 0.938. The smallest absolute Gasteiger partial charge is 0.407 e. The maximum absolute atomic E-state index is 11.6. The van der Waals surface area contributed by atoms with Crippen molar-refractivity contribution in [2.24, 2.45) is 5.92 Å². The number of amides is 1. The number of aliphatic hydroxyl groups excluding tert-OH is 1. The maximum Gasteiger partial charge on any atom is 0.407 e. The van der Waals surface area contributed by atoms with Crippen LogP contribution in [0.3, 0.4) is 0 Å². The Balaban J connectivity index is 2.54. The van der Waals surface area contributed by atoms with E-state index >= 15 is 0 Å². The molecule has 124 valence electrons. The van der Waals surface area contributed by atoms with E-state index in [4.69, 9.17) is 4.74 Å². The van der Waals surface area contributed by atoms with E-state index in [1.807, 2.05) is 13.8 Å². The third-order valence-electron chi connectivity index (χ3n) is 4.11. The molecule has 2 N–H and O–H groups in total.